The highest BCUT2D eigenvalue weighted by Crippen LogP contribution is 2.45. The second-order valence-corrected chi connectivity index (χ2v) is 10.4. The number of methoxy groups -OCH3 is 1. The van der Waals surface area contributed by atoms with E-state index in [-0.39, 0.29) is 22.7 Å². The molecule has 7 nitrogen and oxygen atoms in total. The molecule has 0 aromatic heterocycles. The van der Waals surface area contributed by atoms with E-state index in [4.69, 9.17) is 4.74 Å². The Morgan fingerprint density at radius 2 is 1.71 bits per heavy atom. The molecule has 3 aromatic rings. The van der Waals surface area contributed by atoms with Crippen LogP contribution in [0, 0.1) is 6.92 Å². The first-order chi connectivity index (χ1) is 17.9. The first kappa shape index (κ1) is 26.7. The Kier molecular flexibility index (Phi) is 7.14. The Labute approximate surface area is 222 Å². The van der Waals surface area contributed by atoms with Gasteiger partial charge in [-0.15, -0.1) is 0 Å². The van der Waals surface area contributed by atoms with Gasteiger partial charge in [-0.25, -0.2) is 0 Å². The summed E-state index contributed by atoms with van der Waals surface area (Å²) in [5.74, 6) is -1.63. The summed E-state index contributed by atoms with van der Waals surface area (Å²) in [5, 5.41) is 14.4. The molecule has 0 saturated carbocycles. The van der Waals surface area contributed by atoms with E-state index in [0.29, 0.717) is 28.3 Å². The zero-order valence-electron chi connectivity index (χ0n) is 22.5. The second-order valence-electron chi connectivity index (χ2n) is 10.4. The number of hydrogen-bond acceptors (Lipinski definition) is 5. The number of rotatable bonds is 5. The maximum Gasteiger partial charge on any atom is 0.300 e. The van der Waals surface area contributed by atoms with E-state index in [9.17, 15) is 19.5 Å². The Morgan fingerprint density at radius 3 is 2.37 bits per heavy atom. The van der Waals surface area contributed by atoms with Gasteiger partial charge in [0, 0.05) is 29.4 Å². The fourth-order valence-corrected chi connectivity index (χ4v) is 4.71. The van der Waals surface area contributed by atoms with Gasteiger partial charge in [-0.05, 0) is 53.8 Å². The molecular formula is C31H32N2O5. The molecule has 1 aliphatic heterocycles. The molecule has 0 aliphatic carbocycles. The number of anilines is 2. The van der Waals surface area contributed by atoms with Crippen molar-refractivity contribution in [1.82, 2.24) is 0 Å². The van der Waals surface area contributed by atoms with Crippen LogP contribution >= 0.6 is 0 Å². The number of ketones is 1. The number of para-hydroxylation sites is 1. The number of aliphatic hydroxyl groups is 1. The first-order valence-corrected chi connectivity index (χ1v) is 12.4. The molecule has 1 heterocycles. The lowest BCUT2D eigenvalue weighted by atomic mass is 9.84. The van der Waals surface area contributed by atoms with E-state index >= 15 is 0 Å². The van der Waals surface area contributed by atoms with E-state index in [2.05, 4.69) is 26.1 Å². The fraction of sp³-hybridized carbons (Fsp3) is 0.258. The predicted octanol–water partition coefficient (Wildman–Crippen LogP) is 5.89. The second kappa shape index (κ2) is 10.2. The smallest absolute Gasteiger partial charge is 0.300 e. The lowest BCUT2D eigenvalue weighted by Gasteiger charge is -2.27. The number of aliphatic hydroxyl groups excluding tert-OH is 1. The Hall–Kier alpha value is -4.39. The van der Waals surface area contributed by atoms with Crippen LogP contribution in [0.5, 0.6) is 5.75 Å². The SMILES string of the molecule is COc1ccccc1C1/C(=C(\O)c2cc(C(C)(C)C)ccc2C)C(=O)C(=O)N1c1cccc(NC(C)=O)c1. The molecule has 1 atom stereocenters. The Balaban J connectivity index is 2.00. The van der Waals surface area contributed by atoms with Crippen LogP contribution < -0.4 is 15.0 Å². The van der Waals surface area contributed by atoms with Crippen molar-refractivity contribution < 1.29 is 24.2 Å². The fourth-order valence-electron chi connectivity index (χ4n) is 4.71. The van der Waals surface area contributed by atoms with Gasteiger partial charge in [0.1, 0.15) is 11.5 Å². The van der Waals surface area contributed by atoms with E-state index in [1.807, 2.05) is 25.1 Å². The highest BCUT2D eigenvalue weighted by atomic mass is 16.5. The van der Waals surface area contributed by atoms with E-state index < -0.39 is 17.7 Å². The number of carbonyl (C=O) groups is 3. The molecule has 3 aromatic carbocycles. The minimum absolute atomic E-state index is 0.0291. The van der Waals surface area contributed by atoms with Crippen molar-refractivity contribution in [2.75, 3.05) is 17.3 Å². The molecule has 1 fully saturated rings. The van der Waals surface area contributed by atoms with Crippen molar-refractivity contribution >= 4 is 34.7 Å². The van der Waals surface area contributed by atoms with Crippen molar-refractivity contribution in [1.29, 1.82) is 0 Å². The number of carbonyl (C=O) groups excluding carboxylic acids is 3. The van der Waals surface area contributed by atoms with Crippen LogP contribution in [0.4, 0.5) is 11.4 Å². The van der Waals surface area contributed by atoms with Gasteiger partial charge in [-0.2, -0.15) is 0 Å². The molecule has 2 N–H and O–H groups in total. The largest absolute Gasteiger partial charge is 0.507 e. The van der Waals surface area contributed by atoms with Gasteiger partial charge >= 0.3 is 0 Å². The zero-order chi connectivity index (χ0) is 27.8. The predicted molar refractivity (Wildman–Crippen MR) is 148 cm³/mol. The quantitative estimate of drug-likeness (QED) is 0.253. The van der Waals surface area contributed by atoms with Gasteiger partial charge in [0.2, 0.25) is 5.91 Å². The van der Waals surface area contributed by atoms with Crippen LogP contribution in [0.1, 0.15) is 56.0 Å². The van der Waals surface area contributed by atoms with Gasteiger partial charge in [0.05, 0.1) is 18.7 Å². The van der Waals surface area contributed by atoms with Crippen LogP contribution in [0.15, 0.2) is 72.3 Å². The van der Waals surface area contributed by atoms with Crippen molar-refractivity contribution in [3.05, 3.63) is 94.6 Å². The average Bonchev–Trinajstić information content (AvgIpc) is 3.13. The summed E-state index contributed by atoms with van der Waals surface area (Å²) in [7, 11) is 1.51. The minimum atomic E-state index is -0.962. The molecule has 0 radical (unpaired) electrons. The maximum atomic E-state index is 13.6. The molecule has 196 valence electrons. The summed E-state index contributed by atoms with van der Waals surface area (Å²) < 4.78 is 5.60. The number of hydrogen-bond donors (Lipinski definition) is 2. The van der Waals surface area contributed by atoms with Gasteiger partial charge in [-0.1, -0.05) is 57.2 Å². The number of ether oxygens (including phenoxy) is 1. The standard InChI is InChI=1S/C31H32N2O5/c1-18-14-15-20(31(3,4)5)16-24(18)28(35)26-27(23-12-7-8-13-25(23)38-6)33(30(37)29(26)36)22-11-9-10-21(17-22)32-19(2)34/h7-17,27,35H,1-6H3,(H,32,34)/b28-26+. The molecule has 1 unspecified atom stereocenters. The van der Waals surface area contributed by atoms with E-state index in [1.54, 1.807) is 48.5 Å². The third-order valence-electron chi connectivity index (χ3n) is 6.68. The van der Waals surface area contributed by atoms with Gasteiger partial charge in [0.15, 0.2) is 0 Å². The maximum absolute atomic E-state index is 13.6. The average molecular weight is 513 g/mol. The summed E-state index contributed by atoms with van der Waals surface area (Å²) in [6, 6.07) is 18.6. The monoisotopic (exact) mass is 512 g/mol. The number of benzene rings is 3. The zero-order valence-corrected chi connectivity index (χ0v) is 22.5. The summed E-state index contributed by atoms with van der Waals surface area (Å²) in [6.45, 7) is 9.44. The summed E-state index contributed by atoms with van der Waals surface area (Å²) >= 11 is 0. The molecule has 4 rings (SSSR count). The molecule has 38 heavy (non-hydrogen) atoms. The molecule has 0 spiro atoms. The molecule has 2 amide bonds. The van der Waals surface area contributed by atoms with Gasteiger partial charge in [0.25, 0.3) is 11.7 Å². The normalized spacial score (nSPS) is 17.0. The molecule has 1 saturated heterocycles. The van der Waals surface area contributed by atoms with Crippen LogP contribution in [0.3, 0.4) is 0 Å². The number of Topliss-reactive ketones (excluding diaryl/α,β-unsaturated/α-hetero) is 1. The minimum Gasteiger partial charge on any atom is -0.507 e. The molecular weight excluding hydrogens is 480 g/mol. The van der Waals surface area contributed by atoms with Crippen LogP contribution in [-0.2, 0) is 19.8 Å². The third kappa shape index (κ3) is 4.92. The van der Waals surface area contributed by atoms with Crippen LogP contribution in [0.2, 0.25) is 0 Å². The summed E-state index contributed by atoms with van der Waals surface area (Å²) in [5.41, 5.74) is 3.44. The van der Waals surface area contributed by atoms with Crippen LogP contribution in [0.25, 0.3) is 5.76 Å². The third-order valence-corrected chi connectivity index (χ3v) is 6.68. The van der Waals surface area contributed by atoms with Crippen molar-refractivity contribution in [2.45, 2.75) is 46.1 Å². The van der Waals surface area contributed by atoms with Crippen molar-refractivity contribution in [3.8, 4) is 5.75 Å². The lowest BCUT2D eigenvalue weighted by molar-refractivity contribution is -0.132. The topological polar surface area (TPSA) is 95.9 Å². The van der Waals surface area contributed by atoms with Crippen molar-refractivity contribution in [3.63, 3.8) is 0 Å². The Bertz CT molecular complexity index is 1470. The lowest BCUT2D eigenvalue weighted by Crippen LogP contribution is -2.29. The van der Waals surface area contributed by atoms with Gasteiger partial charge in [-0.3, -0.25) is 19.3 Å². The van der Waals surface area contributed by atoms with E-state index in [1.165, 1.54) is 18.9 Å². The molecule has 1 aliphatic rings. The summed E-state index contributed by atoms with van der Waals surface area (Å²) in [4.78, 5) is 40.2. The molecule has 7 heteroatoms. The number of nitrogens with one attached hydrogen (secondary N) is 1. The van der Waals surface area contributed by atoms with Gasteiger partial charge < -0.3 is 15.2 Å². The highest BCUT2D eigenvalue weighted by Gasteiger charge is 2.48. The number of nitrogens with zero attached hydrogens (tertiary/aromatic N) is 1. The highest BCUT2D eigenvalue weighted by molar-refractivity contribution is 6.51. The number of amides is 2. The van der Waals surface area contributed by atoms with E-state index in [0.717, 1.165) is 11.1 Å². The first-order valence-electron chi connectivity index (χ1n) is 12.4. The summed E-state index contributed by atoms with van der Waals surface area (Å²) in [6.07, 6.45) is 0. The van der Waals surface area contributed by atoms with Crippen LogP contribution in [-0.4, -0.2) is 29.8 Å². The Morgan fingerprint density at radius 1 is 1.00 bits per heavy atom. The van der Waals surface area contributed by atoms with Crippen molar-refractivity contribution in [2.24, 2.45) is 0 Å². The number of aryl methyl sites for hydroxylation is 1. The molecule has 0 bridgehead atoms.